The van der Waals surface area contributed by atoms with E-state index in [1.54, 1.807) is 18.0 Å². The number of nitrogens with zero attached hydrogens (tertiary/aromatic N) is 4. The van der Waals surface area contributed by atoms with Crippen LogP contribution < -0.4 is 5.32 Å². The van der Waals surface area contributed by atoms with Gasteiger partial charge in [0.15, 0.2) is 0 Å². The predicted molar refractivity (Wildman–Crippen MR) is 84.4 cm³/mol. The summed E-state index contributed by atoms with van der Waals surface area (Å²) >= 11 is 0. The molecule has 7 heteroatoms. The lowest BCUT2D eigenvalue weighted by molar-refractivity contribution is -0.116. The average molecular weight is 315 g/mol. The number of carbonyl (C=O) groups is 1. The first-order valence-corrected chi connectivity index (χ1v) is 8.05. The lowest BCUT2D eigenvalue weighted by Gasteiger charge is -2.24. The van der Waals surface area contributed by atoms with Crippen LogP contribution in [0.5, 0.6) is 0 Å². The molecule has 0 bridgehead atoms. The van der Waals surface area contributed by atoms with Crippen molar-refractivity contribution in [1.29, 1.82) is 0 Å². The van der Waals surface area contributed by atoms with E-state index in [1.165, 1.54) is 12.8 Å². The molecule has 1 N–H and O–H groups in total. The van der Waals surface area contributed by atoms with Gasteiger partial charge in [0.25, 0.3) is 0 Å². The van der Waals surface area contributed by atoms with E-state index in [1.807, 2.05) is 13.2 Å². The van der Waals surface area contributed by atoms with E-state index < -0.39 is 0 Å². The van der Waals surface area contributed by atoms with Crippen molar-refractivity contribution in [2.75, 3.05) is 19.0 Å². The summed E-state index contributed by atoms with van der Waals surface area (Å²) in [7, 11) is 3.58. The van der Waals surface area contributed by atoms with Crippen molar-refractivity contribution in [2.45, 2.75) is 37.6 Å². The number of aromatic nitrogens is 4. The van der Waals surface area contributed by atoms with Crippen molar-refractivity contribution in [1.82, 2.24) is 19.3 Å². The van der Waals surface area contributed by atoms with Gasteiger partial charge in [-0.25, -0.2) is 4.98 Å². The molecule has 0 aromatic carbocycles. The van der Waals surface area contributed by atoms with Gasteiger partial charge in [0, 0.05) is 51.0 Å². The SMILES string of the molecule is COCCn1ccnc1C1CC(=O)Nc2c1c(C1CC1)nn2C. The summed E-state index contributed by atoms with van der Waals surface area (Å²) in [6, 6.07) is 0. The van der Waals surface area contributed by atoms with Gasteiger partial charge in [-0.1, -0.05) is 0 Å². The Labute approximate surface area is 134 Å². The zero-order chi connectivity index (χ0) is 16.0. The van der Waals surface area contributed by atoms with Crippen LogP contribution in [0.15, 0.2) is 12.4 Å². The molecular formula is C16H21N5O2. The third-order valence-electron chi connectivity index (χ3n) is 4.67. The Morgan fingerprint density at radius 3 is 3.00 bits per heavy atom. The van der Waals surface area contributed by atoms with Crippen molar-refractivity contribution >= 4 is 11.7 Å². The van der Waals surface area contributed by atoms with Crippen molar-refractivity contribution in [3.8, 4) is 0 Å². The summed E-state index contributed by atoms with van der Waals surface area (Å²) < 4.78 is 9.06. The number of amides is 1. The largest absolute Gasteiger partial charge is 0.383 e. The fourth-order valence-corrected chi connectivity index (χ4v) is 3.41. The van der Waals surface area contributed by atoms with Crippen LogP contribution in [0, 0.1) is 0 Å². The lowest BCUT2D eigenvalue weighted by Crippen LogP contribution is -2.26. The molecule has 23 heavy (non-hydrogen) atoms. The minimum absolute atomic E-state index is 0.0224. The summed E-state index contributed by atoms with van der Waals surface area (Å²) in [6.45, 7) is 1.36. The smallest absolute Gasteiger partial charge is 0.226 e. The van der Waals surface area contributed by atoms with Crippen LogP contribution >= 0.6 is 0 Å². The quantitative estimate of drug-likeness (QED) is 0.910. The number of nitrogens with one attached hydrogen (secondary N) is 1. The molecule has 0 saturated heterocycles. The first-order chi connectivity index (χ1) is 11.2. The Kier molecular flexibility index (Phi) is 3.45. The fourth-order valence-electron chi connectivity index (χ4n) is 3.41. The monoisotopic (exact) mass is 315 g/mol. The third kappa shape index (κ3) is 2.45. The minimum atomic E-state index is -0.0325. The van der Waals surface area contributed by atoms with Crippen LogP contribution in [0.25, 0.3) is 0 Å². The van der Waals surface area contributed by atoms with Crippen LogP contribution in [-0.2, 0) is 23.1 Å². The number of anilines is 1. The maximum absolute atomic E-state index is 12.2. The Balaban J connectivity index is 1.78. The van der Waals surface area contributed by atoms with Gasteiger partial charge in [0.05, 0.1) is 18.2 Å². The molecule has 2 aromatic heterocycles. The molecule has 4 rings (SSSR count). The first-order valence-electron chi connectivity index (χ1n) is 8.05. The topological polar surface area (TPSA) is 74.0 Å². The van der Waals surface area contributed by atoms with Crippen molar-refractivity contribution in [2.24, 2.45) is 7.05 Å². The van der Waals surface area contributed by atoms with E-state index in [4.69, 9.17) is 4.74 Å². The summed E-state index contributed by atoms with van der Waals surface area (Å²) in [6.07, 6.45) is 6.53. The van der Waals surface area contributed by atoms with Crippen molar-refractivity contribution in [3.63, 3.8) is 0 Å². The summed E-state index contributed by atoms with van der Waals surface area (Å²) in [5.41, 5.74) is 2.29. The van der Waals surface area contributed by atoms with Crippen LogP contribution in [0.4, 0.5) is 5.82 Å². The standard InChI is InChI=1S/C16H21N5O2/c1-20-16-13(14(19-20)10-3-4-10)11(9-12(22)18-16)15-17-5-6-21(15)7-8-23-2/h5-6,10-11H,3-4,7-9H2,1-2H3,(H,18,22). The predicted octanol–water partition coefficient (Wildman–Crippen LogP) is 1.61. The molecule has 2 aliphatic rings. The number of hydrogen-bond donors (Lipinski definition) is 1. The number of ether oxygens (including phenoxy) is 1. The Morgan fingerprint density at radius 2 is 2.26 bits per heavy atom. The zero-order valence-corrected chi connectivity index (χ0v) is 13.5. The number of methoxy groups -OCH3 is 1. The van der Waals surface area contributed by atoms with E-state index in [0.717, 1.165) is 29.4 Å². The molecule has 0 radical (unpaired) electrons. The molecule has 122 valence electrons. The second-order valence-corrected chi connectivity index (χ2v) is 6.32. The molecule has 1 fully saturated rings. The molecule has 1 amide bonds. The van der Waals surface area contributed by atoms with Gasteiger partial charge in [0.1, 0.15) is 11.6 Å². The molecule has 2 aromatic rings. The second kappa shape index (κ2) is 5.49. The molecule has 1 unspecified atom stereocenters. The highest BCUT2D eigenvalue weighted by Crippen LogP contribution is 2.47. The van der Waals surface area contributed by atoms with E-state index in [0.29, 0.717) is 18.9 Å². The number of fused-ring (bicyclic) bond motifs is 1. The molecule has 0 spiro atoms. The Bertz CT molecular complexity index is 744. The number of aryl methyl sites for hydroxylation is 1. The maximum Gasteiger partial charge on any atom is 0.226 e. The van der Waals surface area contributed by atoms with Gasteiger partial charge in [-0.2, -0.15) is 5.10 Å². The van der Waals surface area contributed by atoms with E-state index in [-0.39, 0.29) is 11.8 Å². The summed E-state index contributed by atoms with van der Waals surface area (Å²) in [5, 5.41) is 7.67. The average Bonchev–Trinajstić information content (AvgIpc) is 3.19. The molecule has 3 heterocycles. The number of rotatable bonds is 5. The number of hydrogen-bond acceptors (Lipinski definition) is 4. The normalized spacial score (nSPS) is 20.4. The van der Waals surface area contributed by atoms with Gasteiger partial charge >= 0.3 is 0 Å². The highest BCUT2D eigenvalue weighted by molar-refractivity contribution is 5.94. The Morgan fingerprint density at radius 1 is 1.43 bits per heavy atom. The molecule has 7 nitrogen and oxygen atoms in total. The van der Waals surface area contributed by atoms with E-state index in [9.17, 15) is 4.79 Å². The molecule has 1 aliphatic heterocycles. The van der Waals surface area contributed by atoms with Crippen LogP contribution in [0.1, 0.15) is 48.2 Å². The van der Waals surface area contributed by atoms with Gasteiger partial charge < -0.3 is 14.6 Å². The highest BCUT2D eigenvalue weighted by atomic mass is 16.5. The summed E-state index contributed by atoms with van der Waals surface area (Å²) in [4.78, 5) is 16.7. The fraction of sp³-hybridized carbons (Fsp3) is 0.562. The van der Waals surface area contributed by atoms with Crippen LogP contribution in [0.3, 0.4) is 0 Å². The van der Waals surface area contributed by atoms with Gasteiger partial charge in [-0.15, -0.1) is 0 Å². The van der Waals surface area contributed by atoms with Crippen LogP contribution in [-0.4, -0.2) is 39.0 Å². The number of carbonyl (C=O) groups excluding carboxylic acids is 1. The second-order valence-electron chi connectivity index (χ2n) is 6.32. The lowest BCUT2D eigenvalue weighted by atomic mass is 9.89. The summed E-state index contributed by atoms with van der Waals surface area (Å²) in [5.74, 6) is 2.27. The van der Waals surface area contributed by atoms with Gasteiger partial charge in [0.2, 0.25) is 5.91 Å². The molecular weight excluding hydrogens is 294 g/mol. The minimum Gasteiger partial charge on any atom is -0.383 e. The molecule has 1 atom stereocenters. The highest BCUT2D eigenvalue weighted by Gasteiger charge is 2.39. The number of imidazole rings is 1. The molecule has 1 aliphatic carbocycles. The van der Waals surface area contributed by atoms with Crippen LogP contribution in [0.2, 0.25) is 0 Å². The van der Waals surface area contributed by atoms with Crippen molar-refractivity contribution < 1.29 is 9.53 Å². The van der Waals surface area contributed by atoms with E-state index in [2.05, 4.69) is 20.0 Å². The van der Waals surface area contributed by atoms with E-state index >= 15 is 0 Å². The first kappa shape index (κ1) is 14.4. The third-order valence-corrected chi connectivity index (χ3v) is 4.67. The van der Waals surface area contributed by atoms with Crippen molar-refractivity contribution in [3.05, 3.63) is 29.5 Å². The maximum atomic E-state index is 12.2. The molecule has 1 saturated carbocycles. The Hall–Kier alpha value is -2.15. The zero-order valence-electron chi connectivity index (χ0n) is 13.5. The van der Waals surface area contributed by atoms with Gasteiger partial charge in [-0.05, 0) is 12.8 Å². The van der Waals surface area contributed by atoms with Gasteiger partial charge in [-0.3, -0.25) is 9.48 Å².